The highest BCUT2D eigenvalue weighted by atomic mass is 35.5. The summed E-state index contributed by atoms with van der Waals surface area (Å²) in [4.78, 5) is 4.65. The molecule has 4 nitrogen and oxygen atoms in total. The van der Waals surface area contributed by atoms with Gasteiger partial charge in [-0.25, -0.2) is 4.98 Å². The number of hydrogen-bond donors (Lipinski definition) is 0. The maximum Gasteiger partial charge on any atom is 0.111 e. The fourth-order valence-electron chi connectivity index (χ4n) is 2.55. The number of nitrogens with zero attached hydrogens (tertiary/aromatic N) is 4. The van der Waals surface area contributed by atoms with Gasteiger partial charge < -0.3 is 4.57 Å². The Morgan fingerprint density at radius 2 is 2.10 bits per heavy atom. The lowest BCUT2D eigenvalue weighted by molar-refractivity contribution is 0.674. The summed E-state index contributed by atoms with van der Waals surface area (Å²) in [5, 5.41) is 4.93. The van der Waals surface area contributed by atoms with Crippen molar-refractivity contribution >= 4 is 34.2 Å². The van der Waals surface area contributed by atoms with Crippen molar-refractivity contribution in [2.75, 3.05) is 5.88 Å². The first-order chi connectivity index (χ1) is 10.2. The summed E-state index contributed by atoms with van der Waals surface area (Å²) in [6.07, 6.45) is 5.54. The van der Waals surface area contributed by atoms with Crippen molar-refractivity contribution < 1.29 is 0 Å². The molecule has 0 amide bonds. The first-order valence-corrected chi connectivity index (χ1v) is 7.77. The molecule has 0 aliphatic rings. The number of rotatable bonds is 5. The van der Waals surface area contributed by atoms with Crippen LogP contribution in [0.4, 0.5) is 0 Å². The molecule has 1 aromatic carbocycles. The van der Waals surface area contributed by atoms with E-state index in [9.17, 15) is 0 Å². The molecule has 0 atom stereocenters. The normalized spacial score (nSPS) is 11.4. The summed E-state index contributed by atoms with van der Waals surface area (Å²) in [7, 11) is 1.92. The van der Waals surface area contributed by atoms with Crippen LogP contribution in [0.25, 0.3) is 11.0 Å². The minimum Gasteiger partial charge on any atom is -0.326 e. The van der Waals surface area contributed by atoms with E-state index >= 15 is 0 Å². The van der Waals surface area contributed by atoms with Gasteiger partial charge in [-0.3, -0.25) is 4.68 Å². The minimum absolute atomic E-state index is 0.549. The van der Waals surface area contributed by atoms with Crippen LogP contribution in [0.5, 0.6) is 0 Å². The van der Waals surface area contributed by atoms with Gasteiger partial charge >= 0.3 is 0 Å². The average Bonchev–Trinajstić information content (AvgIpc) is 3.01. The van der Waals surface area contributed by atoms with Crippen molar-refractivity contribution in [2.45, 2.75) is 19.4 Å². The molecule has 3 rings (SSSR count). The van der Waals surface area contributed by atoms with Crippen molar-refractivity contribution in [1.29, 1.82) is 0 Å². The van der Waals surface area contributed by atoms with E-state index < -0.39 is 0 Å². The molecule has 3 aromatic rings. The van der Waals surface area contributed by atoms with Crippen LogP contribution in [0.2, 0.25) is 5.02 Å². The van der Waals surface area contributed by atoms with E-state index in [1.54, 1.807) is 0 Å². The molecule has 0 unspecified atom stereocenters. The molecular formula is C15H16Cl2N4. The van der Waals surface area contributed by atoms with Gasteiger partial charge in [0, 0.05) is 32.1 Å². The lowest BCUT2D eigenvalue weighted by Gasteiger charge is -2.08. The first kappa shape index (κ1) is 14.4. The highest BCUT2D eigenvalue weighted by Gasteiger charge is 2.13. The van der Waals surface area contributed by atoms with Crippen LogP contribution in [0, 0.1) is 0 Å². The molecule has 6 heteroatoms. The minimum atomic E-state index is 0.549. The smallest absolute Gasteiger partial charge is 0.111 e. The maximum absolute atomic E-state index is 6.35. The molecule has 0 saturated carbocycles. The zero-order chi connectivity index (χ0) is 14.8. The quantitative estimate of drug-likeness (QED) is 0.674. The standard InChI is InChI=1S/C15H16Cl2N4/c1-20-10-11(9-18-20)6-8-21-14(5-7-16)19-13-4-2-3-12(17)15(13)21/h2-4,9-10H,5-8H2,1H3. The highest BCUT2D eigenvalue weighted by Crippen LogP contribution is 2.25. The van der Waals surface area contributed by atoms with Gasteiger partial charge in [-0.15, -0.1) is 11.6 Å². The molecule has 0 fully saturated rings. The van der Waals surface area contributed by atoms with E-state index in [4.69, 9.17) is 23.2 Å². The number of alkyl halides is 1. The van der Waals surface area contributed by atoms with E-state index in [1.165, 1.54) is 5.56 Å². The topological polar surface area (TPSA) is 35.6 Å². The molecule has 0 aliphatic carbocycles. The molecule has 110 valence electrons. The van der Waals surface area contributed by atoms with E-state index in [-0.39, 0.29) is 0 Å². The fraction of sp³-hybridized carbons (Fsp3) is 0.333. The Labute approximate surface area is 133 Å². The SMILES string of the molecule is Cn1cc(CCn2c(CCCl)nc3cccc(Cl)c32)cn1. The van der Waals surface area contributed by atoms with Crippen LogP contribution in [-0.2, 0) is 26.4 Å². The van der Waals surface area contributed by atoms with Gasteiger partial charge in [0.2, 0.25) is 0 Å². The Morgan fingerprint density at radius 3 is 2.81 bits per heavy atom. The van der Waals surface area contributed by atoms with Crippen molar-refractivity contribution in [1.82, 2.24) is 19.3 Å². The largest absolute Gasteiger partial charge is 0.326 e. The molecule has 0 saturated heterocycles. The van der Waals surface area contributed by atoms with Crippen molar-refractivity contribution in [2.24, 2.45) is 7.05 Å². The van der Waals surface area contributed by atoms with Gasteiger partial charge in [0.05, 0.1) is 22.3 Å². The Balaban J connectivity index is 1.96. The Morgan fingerprint density at radius 1 is 1.24 bits per heavy atom. The van der Waals surface area contributed by atoms with Gasteiger partial charge in [-0.05, 0) is 24.1 Å². The summed E-state index contributed by atoms with van der Waals surface area (Å²) < 4.78 is 3.99. The zero-order valence-corrected chi connectivity index (χ0v) is 13.3. The van der Waals surface area contributed by atoms with Crippen LogP contribution in [0.1, 0.15) is 11.4 Å². The number of para-hydroxylation sites is 1. The molecule has 2 aromatic heterocycles. The molecule has 0 aliphatic heterocycles. The van der Waals surface area contributed by atoms with E-state index in [1.807, 2.05) is 42.3 Å². The molecule has 0 spiro atoms. The third kappa shape index (κ3) is 2.92. The molecule has 0 bridgehead atoms. The van der Waals surface area contributed by atoms with Gasteiger partial charge in [0.15, 0.2) is 0 Å². The monoisotopic (exact) mass is 322 g/mol. The maximum atomic E-state index is 6.35. The predicted molar refractivity (Wildman–Crippen MR) is 86.1 cm³/mol. The zero-order valence-electron chi connectivity index (χ0n) is 11.8. The lowest BCUT2D eigenvalue weighted by atomic mass is 10.2. The average molecular weight is 323 g/mol. The molecule has 0 N–H and O–H groups in total. The molecule has 21 heavy (non-hydrogen) atoms. The predicted octanol–water partition coefficient (Wildman–Crippen LogP) is 3.45. The van der Waals surface area contributed by atoms with Crippen molar-refractivity contribution in [3.8, 4) is 0 Å². The Kier molecular flexibility index (Phi) is 4.17. The molecular weight excluding hydrogens is 307 g/mol. The summed E-state index contributed by atoms with van der Waals surface area (Å²) in [6, 6.07) is 5.81. The van der Waals surface area contributed by atoms with Crippen LogP contribution in [0.15, 0.2) is 30.6 Å². The number of hydrogen-bond acceptors (Lipinski definition) is 2. The van der Waals surface area contributed by atoms with Gasteiger partial charge in [0.25, 0.3) is 0 Å². The van der Waals surface area contributed by atoms with Gasteiger partial charge in [0.1, 0.15) is 5.82 Å². The van der Waals surface area contributed by atoms with Gasteiger partial charge in [-0.2, -0.15) is 5.10 Å². The van der Waals surface area contributed by atoms with E-state index in [0.29, 0.717) is 5.88 Å². The number of aromatic nitrogens is 4. The van der Waals surface area contributed by atoms with E-state index in [2.05, 4.69) is 14.6 Å². The second-order valence-electron chi connectivity index (χ2n) is 5.00. The number of halogens is 2. The second-order valence-corrected chi connectivity index (χ2v) is 5.78. The third-order valence-corrected chi connectivity index (χ3v) is 3.99. The summed E-state index contributed by atoms with van der Waals surface area (Å²) in [5.74, 6) is 1.53. The fourth-order valence-corrected chi connectivity index (χ4v) is 2.99. The number of aryl methyl sites for hydroxylation is 4. The van der Waals surface area contributed by atoms with Crippen LogP contribution < -0.4 is 0 Å². The van der Waals surface area contributed by atoms with Crippen molar-refractivity contribution in [3.05, 3.63) is 47.0 Å². The van der Waals surface area contributed by atoms with Crippen molar-refractivity contribution in [3.63, 3.8) is 0 Å². The number of fused-ring (bicyclic) bond motifs is 1. The summed E-state index contributed by atoms with van der Waals surface area (Å²) in [6.45, 7) is 0.818. The van der Waals surface area contributed by atoms with Gasteiger partial charge in [-0.1, -0.05) is 17.7 Å². The number of imidazole rings is 1. The molecule has 2 heterocycles. The van der Waals surface area contributed by atoms with Crippen LogP contribution >= 0.6 is 23.2 Å². The lowest BCUT2D eigenvalue weighted by Crippen LogP contribution is -2.07. The Bertz CT molecular complexity index is 760. The summed E-state index contributed by atoms with van der Waals surface area (Å²) in [5.41, 5.74) is 3.11. The first-order valence-electron chi connectivity index (χ1n) is 6.86. The van der Waals surface area contributed by atoms with Crippen LogP contribution in [0.3, 0.4) is 0 Å². The second kappa shape index (κ2) is 6.08. The highest BCUT2D eigenvalue weighted by molar-refractivity contribution is 6.35. The number of benzene rings is 1. The van der Waals surface area contributed by atoms with Crippen LogP contribution in [-0.4, -0.2) is 25.2 Å². The van der Waals surface area contributed by atoms with E-state index in [0.717, 1.165) is 41.3 Å². The third-order valence-electron chi connectivity index (χ3n) is 3.50. The molecule has 0 radical (unpaired) electrons. The Hall–Kier alpha value is -1.52. The summed E-state index contributed by atoms with van der Waals surface area (Å²) >= 11 is 12.2.